The van der Waals surface area contributed by atoms with E-state index in [9.17, 15) is 4.79 Å². The van der Waals surface area contributed by atoms with Crippen LogP contribution in [0.5, 0.6) is 5.75 Å². The van der Waals surface area contributed by atoms with Crippen LogP contribution in [0.15, 0.2) is 51.4 Å². The number of thiocarbonyl (C=S) groups is 1. The quantitative estimate of drug-likeness (QED) is 0.437. The number of carbonyl (C=O) groups is 1. The summed E-state index contributed by atoms with van der Waals surface area (Å²) >= 11 is 14.0. The topological polar surface area (TPSA) is 29.5 Å². The second-order valence-corrected chi connectivity index (χ2v) is 9.60. The van der Waals surface area contributed by atoms with Gasteiger partial charge in [0.2, 0.25) is 0 Å². The number of hydrogen-bond acceptors (Lipinski definition) is 4. The number of halogens is 2. The maximum Gasteiger partial charge on any atom is 0.184 e. The molecular weight excluding hydrogens is 510 g/mol. The number of benzene rings is 2. The van der Waals surface area contributed by atoms with E-state index < -0.39 is 11.4 Å². The Bertz CT molecular complexity index is 857. The molecular formula is C20H19Br2NO2S2. The van der Waals surface area contributed by atoms with Crippen molar-refractivity contribution in [2.45, 2.75) is 25.2 Å². The molecule has 0 bridgehead atoms. The van der Waals surface area contributed by atoms with Crippen molar-refractivity contribution >= 4 is 65.9 Å². The van der Waals surface area contributed by atoms with Crippen LogP contribution in [0.1, 0.15) is 35.9 Å². The number of ether oxygens (including phenoxy) is 1. The lowest BCUT2D eigenvalue weighted by molar-refractivity contribution is 0.0866. The third-order valence-electron chi connectivity index (χ3n) is 4.43. The Morgan fingerprint density at radius 2 is 1.85 bits per heavy atom. The monoisotopic (exact) mass is 527 g/mol. The smallest absolute Gasteiger partial charge is 0.184 e. The summed E-state index contributed by atoms with van der Waals surface area (Å²) < 4.78 is 8.66. The fourth-order valence-electron chi connectivity index (χ4n) is 3.01. The largest absolute Gasteiger partial charge is 0.482 e. The lowest BCUT2D eigenvalue weighted by Gasteiger charge is -2.34. The molecule has 142 valence electrons. The number of rotatable bonds is 4. The van der Waals surface area contributed by atoms with Crippen LogP contribution in [0.2, 0.25) is 0 Å². The Hall–Kier alpha value is -0.890. The van der Waals surface area contributed by atoms with Gasteiger partial charge in [0, 0.05) is 17.6 Å². The van der Waals surface area contributed by atoms with Crippen molar-refractivity contribution in [1.82, 2.24) is 4.90 Å². The molecule has 0 radical (unpaired) electrons. The minimum atomic E-state index is -0.436. The number of Topliss-reactive ketones (excluding diaryl/α,β-unsaturated/α-hetero) is 1. The first kappa shape index (κ1) is 20.8. The van der Waals surface area contributed by atoms with Gasteiger partial charge in [0.1, 0.15) is 21.4 Å². The van der Waals surface area contributed by atoms with Gasteiger partial charge in [0.25, 0.3) is 0 Å². The molecule has 2 aromatic rings. The fourth-order valence-corrected chi connectivity index (χ4v) is 6.09. The first-order valence-corrected chi connectivity index (χ1v) is 11.5. The molecule has 0 N–H and O–H groups in total. The summed E-state index contributed by atoms with van der Waals surface area (Å²) in [5, 5.41) is -0.436. The van der Waals surface area contributed by atoms with E-state index in [0.29, 0.717) is 11.3 Å². The molecule has 1 heterocycles. The lowest BCUT2D eigenvalue weighted by atomic mass is 9.96. The van der Waals surface area contributed by atoms with Crippen molar-refractivity contribution in [2.24, 2.45) is 0 Å². The van der Waals surface area contributed by atoms with Crippen LogP contribution in [0.4, 0.5) is 0 Å². The first-order valence-electron chi connectivity index (χ1n) is 8.66. The normalized spacial score (nSPS) is 18.6. The predicted octanol–water partition coefficient (Wildman–Crippen LogP) is 6.26. The molecule has 3 rings (SSSR count). The van der Waals surface area contributed by atoms with E-state index in [4.69, 9.17) is 17.0 Å². The summed E-state index contributed by atoms with van der Waals surface area (Å²) in [7, 11) is 0. The Morgan fingerprint density at radius 1 is 1.19 bits per heavy atom. The van der Waals surface area contributed by atoms with Gasteiger partial charge in [-0.05, 0) is 47.5 Å². The second-order valence-electron chi connectivity index (χ2n) is 6.05. The summed E-state index contributed by atoms with van der Waals surface area (Å²) in [6.45, 7) is 5.75. The average Bonchev–Trinajstić information content (AvgIpc) is 2.66. The third kappa shape index (κ3) is 4.42. The number of carbonyl (C=O) groups excluding carboxylic acids is 1. The molecule has 2 unspecified atom stereocenters. The maximum absolute atomic E-state index is 13.4. The molecule has 0 aliphatic carbocycles. The number of fused-ring (bicyclic) bond motifs is 1. The van der Waals surface area contributed by atoms with Crippen molar-refractivity contribution in [2.75, 3.05) is 13.1 Å². The Balaban J connectivity index is 2.03. The van der Waals surface area contributed by atoms with E-state index in [1.165, 1.54) is 11.8 Å². The molecule has 0 aromatic heterocycles. The van der Waals surface area contributed by atoms with Crippen molar-refractivity contribution < 1.29 is 9.53 Å². The summed E-state index contributed by atoms with van der Waals surface area (Å²) in [4.78, 5) is 15.5. The molecule has 7 heteroatoms. The van der Waals surface area contributed by atoms with E-state index in [1.54, 1.807) is 0 Å². The van der Waals surface area contributed by atoms with Crippen molar-refractivity contribution in [1.29, 1.82) is 0 Å². The molecule has 0 fully saturated rings. The van der Waals surface area contributed by atoms with Gasteiger partial charge < -0.3 is 9.64 Å². The molecule has 0 amide bonds. The summed E-state index contributed by atoms with van der Waals surface area (Å²) in [5.41, 5.74) is 1.54. The first-order chi connectivity index (χ1) is 13.0. The van der Waals surface area contributed by atoms with Gasteiger partial charge >= 0.3 is 0 Å². The van der Waals surface area contributed by atoms with Gasteiger partial charge in [-0.1, -0.05) is 70.2 Å². The fraction of sp³-hybridized carbons (Fsp3) is 0.300. The molecule has 0 saturated carbocycles. The third-order valence-corrected chi connectivity index (χ3v) is 7.20. The zero-order chi connectivity index (χ0) is 19.6. The van der Waals surface area contributed by atoms with E-state index in [-0.39, 0.29) is 5.78 Å². The van der Waals surface area contributed by atoms with E-state index in [0.717, 1.165) is 31.9 Å². The van der Waals surface area contributed by atoms with Crippen LogP contribution in [0.25, 0.3) is 0 Å². The maximum atomic E-state index is 13.4. The molecule has 0 saturated heterocycles. The molecule has 1 aliphatic heterocycles. The molecule has 0 spiro atoms. The van der Waals surface area contributed by atoms with Crippen LogP contribution in [0.3, 0.4) is 0 Å². The molecule has 1 aliphatic rings. The zero-order valence-corrected chi connectivity index (χ0v) is 19.8. The van der Waals surface area contributed by atoms with Gasteiger partial charge in [-0.25, -0.2) is 0 Å². The minimum absolute atomic E-state index is 0.0339. The van der Waals surface area contributed by atoms with Gasteiger partial charge in [-0.3, -0.25) is 4.79 Å². The number of nitrogens with zero attached hydrogens (tertiary/aromatic N) is 1. The van der Waals surface area contributed by atoms with Crippen molar-refractivity contribution in [3.8, 4) is 5.75 Å². The molecule has 2 atom stereocenters. The van der Waals surface area contributed by atoms with Crippen molar-refractivity contribution in [3.05, 3.63) is 62.5 Å². The predicted molar refractivity (Wildman–Crippen MR) is 123 cm³/mol. The highest BCUT2D eigenvalue weighted by atomic mass is 79.9. The minimum Gasteiger partial charge on any atom is -0.482 e. The van der Waals surface area contributed by atoms with E-state index in [2.05, 4.69) is 50.6 Å². The zero-order valence-electron chi connectivity index (χ0n) is 14.9. The lowest BCUT2D eigenvalue weighted by Crippen LogP contribution is -2.37. The number of ketones is 1. The Kier molecular flexibility index (Phi) is 7.00. The summed E-state index contributed by atoms with van der Waals surface area (Å²) in [5.74, 6) is 0.620. The Labute approximate surface area is 186 Å². The van der Waals surface area contributed by atoms with Crippen molar-refractivity contribution in [3.63, 3.8) is 0 Å². The van der Waals surface area contributed by atoms with Gasteiger partial charge in [0.05, 0.1) is 10.0 Å². The van der Waals surface area contributed by atoms with E-state index >= 15 is 0 Å². The van der Waals surface area contributed by atoms with Crippen LogP contribution in [-0.4, -0.2) is 33.3 Å². The van der Waals surface area contributed by atoms with Crippen LogP contribution in [0, 0.1) is 0 Å². The highest BCUT2D eigenvalue weighted by Gasteiger charge is 2.41. The summed E-state index contributed by atoms with van der Waals surface area (Å²) in [6, 6.07) is 13.6. The van der Waals surface area contributed by atoms with E-state index in [1.807, 2.05) is 42.5 Å². The molecule has 2 aromatic carbocycles. The standard InChI is InChI=1S/C20H19Br2NO2S2/c1-3-23(4-2)20(26)27-19-16(24)14-10-13(21)11-15(22)18(14)25-17(19)12-8-6-5-7-9-12/h5-11,17,19H,3-4H2,1-2H3. The highest BCUT2D eigenvalue weighted by Crippen LogP contribution is 2.45. The number of hydrogen-bond donors (Lipinski definition) is 0. The number of thioether (sulfide) groups is 1. The molecule has 27 heavy (non-hydrogen) atoms. The molecule has 3 nitrogen and oxygen atoms in total. The van der Waals surface area contributed by atoms with Gasteiger partial charge in [0.15, 0.2) is 5.78 Å². The Morgan fingerprint density at radius 3 is 2.48 bits per heavy atom. The summed E-state index contributed by atoms with van der Waals surface area (Å²) in [6.07, 6.45) is -0.401. The van der Waals surface area contributed by atoms with Crippen LogP contribution >= 0.6 is 55.8 Å². The SMILES string of the molecule is CCN(CC)C(=S)SC1C(=O)c2cc(Br)cc(Br)c2OC1c1ccccc1. The van der Waals surface area contributed by atoms with Gasteiger partial charge in [-0.2, -0.15) is 0 Å². The van der Waals surface area contributed by atoms with Gasteiger partial charge in [-0.15, -0.1) is 0 Å². The van der Waals surface area contributed by atoms with Crippen LogP contribution < -0.4 is 4.74 Å². The average molecular weight is 529 g/mol. The highest BCUT2D eigenvalue weighted by molar-refractivity contribution is 9.11. The second kappa shape index (κ2) is 9.07. The van der Waals surface area contributed by atoms with Crippen LogP contribution in [-0.2, 0) is 0 Å².